The summed E-state index contributed by atoms with van der Waals surface area (Å²) in [6, 6.07) is 15.5. The van der Waals surface area contributed by atoms with E-state index >= 15 is 0 Å². The number of benzene rings is 2. The molecule has 2 amide bonds. The van der Waals surface area contributed by atoms with Crippen LogP contribution in [0.15, 0.2) is 48.5 Å². The lowest BCUT2D eigenvalue weighted by Gasteiger charge is -2.36. The van der Waals surface area contributed by atoms with Crippen molar-refractivity contribution >= 4 is 11.8 Å². The van der Waals surface area contributed by atoms with Gasteiger partial charge in [-0.2, -0.15) is 0 Å². The maximum atomic E-state index is 12.8. The molecule has 2 aromatic rings. The summed E-state index contributed by atoms with van der Waals surface area (Å²) in [5.74, 6) is 1.99. The van der Waals surface area contributed by atoms with Crippen LogP contribution in [0, 0.1) is 0 Å². The molecule has 3 rings (SSSR count). The Morgan fingerprint density at radius 3 is 1.97 bits per heavy atom. The van der Waals surface area contributed by atoms with Gasteiger partial charge in [0.05, 0.1) is 13.0 Å². The zero-order valence-corrected chi connectivity index (χ0v) is 19.5. The van der Waals surface area contributed by atoms with Crippen LogP contribution in [0.1, 0.15) is 44.7 Å². The highest BCUT2D eigenvalue weighted by molar-refractivity contribution is 5.82. The first-order valence-electron chi connectivity index (χ1n) is 11.4. The van der Waals surface area contributed by atoms with E-state index < -0.39 is 6.10 Å². The zero-order chi connectivity index (χ0) is 23.1. The normalized spacial score (nSPS) is 14.9. The molecule has 0 radical (unpaired) electrons. The molecule has 1 unspecified atom stereocenters. The van der Waals surface area contributed by atoms with Crippen LogP contribution in [0.2, 0.25) is 0 Å². The number of rotatable bonds is 8. The highest BCUT2D eigenvalue weighted by Gasteiger charge is 2.27. The van der Waals surface area contributed by atoms with Crippen molar-refractivity contribution < 1.29 is 19.1 Å². The molecule has 172 valence electrons. The SMILES string of the molecule is CCOc1ccc(CC(=O)N2CCN(C(=O)C(C)Oc3ccc(C(C)C)cc3)CC2)cc1. The van der Waals surface area contributed by atoms with E-state index in [0.717, 1.165) is 11.3 Å². The number of carbonyl (C=O) groups excluding carboxylic acids is 2. The second-order valence-corrected chi connectivity index (χ2v) is 8.44. The van der Waals surface area contributed by atoms with Crippen molar-refractivity contribution in [1.29, 1.82) is 0 Å². The minimum Gasteiger partial charge on any atom is -0.494 e. The lowest BCUT2D eigenvalue weighted by atomic mass is 10.0. The first kappa shape index (κ1) is 23.6. The number of ether oxygens (including phenoxy) is 2. The molecule has 6 heteroatoms. The molecular weight excluding hydrogens is 404 g/mol. The van der Waals surface area contributed by atoms with Crippen LogP contribution < -0.4 is 9.47 Å². The molecule has 6 nitrogen and oxygen atoms in total. The van der Waals surface area contributed by atoms with Gasteiger partial charge in [-0.3, -0.25) is 9.59 Å². The predicted octanol–water partition coefficient (Wildman–Crippen LogP) is 3.89. The van der Waals surface area contributed by atoms with Crippen LogP contribution in [-0.2, 0) is 16.0 Å². The van der Waals surface area contributed by atoms with Gasteiger partial charge in [0.25, 0.3) is 5.91 Å². The molecule has 0 bridgehead atoms. The third-order valence-corrected chi connectivity index (χ3v) is 5.74. The summed E-state index contributed by atoms with van der Waals surface area (Å²) in [5.41, 5.74) is 2.20. The fourth-order valence-electron chi connectivity index (χ4n) is 3.78. The quantitative estimate of drug-likeness (QED) is 0.627. The van der Waals surface area contributed by atoms with E-state index in [1.54, 1.807) is 11.8 Å². The van der Waals surface area contributed by atoms with E-state index in [4.69, 9.17) is 9.47 Å². The summed E-state index contributed by atoms with van der Waals surface area (Å²) >= 11 is 0. The van der Waals surface area contributed by atoms with Crippen LogP contribution in [0.5, 0.6) is 11.5 Å². The topological polar surface area (TPSA) is 59.1 Å². The Hall–Kier alpha value is -3.02. The average Bonchev–Trinajstić information content (AvgIpc) is 2.80. The fraction of sp³-hybridized carbons (Fsp3) is 0.462. The van der Waals surface area contributed by atoms with Crippen molar-refractivity contribution in [3.8, 4) is 11.5 Å². The van der Waals surface area contributed by atoms with Crippen molar-refractivity contribution in [2.75, 3.05) is 32.8 Å². The molecule has 1 atom stereocenters. The van der Waals surface area contributed by atoms with Crippen LogP contribution in [0.4, 0.5) is 0 Å². The van der Waals surface area contributed by atoms with Crippen molar-refractivity contribution in [3.05, 3.63) is 59.7 Å². The lowest BCUT2D eigenvalue weighted by molar-refractivity contribution is -0.143. The molecule has 0 aliphatic carbocycles. The maximum absolute atomic E-state index is 12.8. The second kappa shape index (κ2) is 11.0. The standard InChI is InChI=1S/C26H34N2O4/c1-5-31-23-10-6-21(7-11-23)18-25(29)27-14-16-28(17-15-27)26(30)20(4)32-24-12-8-22(9-13-24)19(2)3/h6-13,19-20H,5,14-18H2,1-4H3. The monoisotopic (exact) mass is 438 g/mol. The van der Waals surface area contributed by atoms with Gasteiger partial charge in [-0.05, 0) is 55.2 Å². The van der Waals surface area contributed by atoms with Crippen LogP contribution in [0.25, 0.3) is 0 Å². The molecule has 32 heavy (non-hydrogen) atoms. The Labute approximate surface area is 191 Å². The minimum absolute atomic E-state index is 0.0449. The molecule has 1 fully saturated rings. The molecule has 1 aliphatic heterocycles. The van der Waals surface area contributed by atoms with E-state index in [1.807, 2.05) is 60.4 Å². The zero-order valence-electron chi connectivity index (χ0n) is 19.5. The van der Waals surface area contributed by atoms with Crippen molar-refractivity contribution in [2.24, 2.45) is 0 Å². The number of piperazine rings is 1. The van der Waals surface area contributed by atoms with Gasteiger partial charge in [0.15, 0.2) is 6.10 Å². The molecule has 1 saturated heterocycles. The van der Waals surface area contributed by atoms with Crippen molar-refractivity contribution in [2.45, 2.75) is 46.1 Å². The summed E-state index contributed by atoms with van der Waals surface area (Å²) in [4.78, 5) is 29.1. The van der Waals surface area contributed by atoms with Gasteiger partial charge in [-0.25, -0.2) is 0 Å². The van der Waals surface area contributed by atoms with Gasteiger partial charge < -0.3 is 19.3 Å². The van der Waals surface area contributed by atoms with Crippen molar-refractivity contribution in [3.63, 3.8) is 0 Å². The predicted molar refractivity (Wildman–Crippen MR) is 125 cm³/mol. The summed E-state index contributed by atoms with van der Waals surface area (Å²) < 4.78 is 11.3. The van der Waals surface area contributed by atoms with Gasteiger partial charge in [-0.15, -0.1) is 0 Å². The summed E-state index contributed by atoms with van der Waals surface area (Å²) in [7, 11) is 0. The Kier molecular flexibility index (Phi) is 8.14. The average molecular weight is 439 g/mol. The van der Waals surface area contributed by atoms with Gasteiger partial charge in [0.1, 0.15) is 11.5 Å². The van der Waals surface area contributed by atoms with E-state index in [0.29, 0.717) is 50.9 Å². The van der Waals surface area contributed by atoms with Gasteiger partial charge >= 0.3 is 0 Å². The third kappa shape index (κ3) is 6.25. The molecule has 0 spiro atoms. The number of amides is 2. The molecule has 2 aromatic carbocycles. The fourth-order valence-corrected chi connectivity index (χ4v) is 3.78. The third-order valence-electron chi connectivity index (χ3n) is 5.74. The lowest BCUT2D eigenvalue weighted by Crippen LogP contribution is -2.53. The molecule has 1 heterocycles. The highest BCUT2D eigenvalue weighted by atomic mass is 16.5. The van der Waals surface area contributed by atoms with Gasteiger partial charge in [0.2, 0.25) is 5.91 Å². The number of hydrogen-bond donors (Lipinski definition) is 0. The van der Waals surface area contributed by atoms with Gasteiger partial charge in [0, 0.05) is 26.2 Å². The Bertz CT molecular complexity index is 885. The summed E-state index contributed by atoms with van der Waals surface area (Å²) in [5, 5.41) is 0. The molecular formula is C26H34N2O4. The molecule has 0 aromatic heterocycles. The summed E-state index contributed by atoms with van der Waals surface area (Å²) in [6.07, 6.45) is -0.210. The molecule has 0 N–H and O–H groups in total. The smallest absolute Gasteiger partial charge is 0.263 e. The number of nitrogens with zero attached hydrogens (tertiary/aromatic N) is 2. The summed E-state index contributed by atoms with van der Waals surface area (Å²) in [6.45, 7) is 10.8. The van der Waals surface area contributed by atoms with E-state index in [2.05, 4.69) is 13.8 Å². The van der Waals surface area contributed by atoms with E-state index in [-0.39, 0.29) is 11.8 Å². The van der Waals surface area contributed by atoms with Crippen LogP contribution >= 0.6 is 0 Å². The Morgan fingerprint density at radius 1 is 0.844 bits per heavy atom. The van der Waals surface area contributed by atoms with Crippen LogP contribution in [0.3, 0.4) is 0 Å². The van der Waals surface area contributed by atoms with Gasteiger partial charge in [-0.1, -0.05) is 38.1 Å². The number of carbonyl (C=O) groups is 2. The minimum atomic E-state index is -0.564. The largest absolute Gasteiger partial charge is 0.494 e. The molecule has 1 aliphatic rings. The van der Waals surface area contributed by atoms with E-state index in [1.165, 1.54) is 5.56 Å². The molecule has 0 saturated carbocycles. The van der Waals surface area contributed by atoms with Crippen LogP contribution in [-0.4, -0.2) is 60.5 Å². The Balaban J connectivity index is 1.46. The maximum Gasteiger partial charge on any atom is 0.263 e. The first-order chi connectivity index (χ1) is 15.4. The highest BCUT2D eigenvalue weighted by Crippen LogP contribution is 2.20. The Morgan fingerprint density at radius 2 is 1.41 bits per heavy atom. The second-order valence-electron chi connectivity index (χ2n) is 8.44. The van der Waals surface area contributed by atoms with Crippen molar-refractivity contribution in [1.82, 2.24) is 9.80 Å². The van der Waals surface area contributed by atoms with E-state index in [9.17, 15) is 9.59 Å². The number of hydrogen-bond acceptors (Lipinski definition) is 4. The first-order valence-corrected chi connectivity index (χ1v) is 11.4.